The van der Waals surface area contributed by atoms with E-state index in [0.717, 1.165) is 17.4 Å². The lowest BCUT2D eigenvalue weighted by Crippen LogP contribution is -2.05. The molecule has 0 atom stereocenters. The van der Waals surface area contributed by atoms with Crippen molar-refractivity contribution in [3.63, 3.8) is 0 Å². The van der Waals surface area contributed by atoms with Gasteiger partial charge >= 0.3 is 10.1 Å². The number of carbonyl (C=O) groups excluding carboxylic acids is 1. The van der Waals surface area contributed by atoms with Gasteiger partial charge in [-0.1, -0.05) is 48.0 Å². The fourth-order valence-corrected chi connectivity index (χ4v) is 2.26. The molecule has 114 valence electrons. The third-order valence-corrected chi connectivity index (χ3v) is 3.39. The molecule has 2 aromatic rings. The second-order valence-electron chi connectivity index (χ2n) is 4.92. The van der Waals surface area contributed by atoms with Gasteiger partial charge in [0.2, 0.25) is 0 Å². The number of allylic oxidation sites excluding steroid dienone is 1. The zero-order chi connectivity index (χ0) is 16.2. The highest BCUT2D eigenvalue weighted by Crippen LogP contribution is 2.15. The number of benzene rings is 2. The molecule has 22 heavy (non-hydrogen) atoms. The first-order valence-corrected chi connectivity index (χ1v) is 8.44. The monoisotopic (exact) mass is 316 g/mol. The molecule has 0 aromatic heterocycles. The Labute approximate surface area is 130 Å². The van der Waals surface area contributed by atoms with Crippen molar-refractivity contribution >= 4 is 22.0 Å². The fourth-order valence-electron chi connectivity index (χ4n) is 1.80. The molecule has 5 heteroatoms. The predicted molar refractivity (Wildman–Crippen MR) is 86.5 cm³/mol. The van der Waals surface area contributed by atoms with Crippen molar-refractivity contribution in [2.75, 3.05) is 6.26 Å². The number of carbonyl (C=O) groups is 1. The molecule has 0 aliphatic carbocycles. The summed E-state index contributed by atoms with van der Waals surface area (Å²) in [6, 6.07) is 13.8. The highest BCUT2D eigenvalue weighted by atomic mass is 32.2. The topological polar surface area (TPSA) is 60.4 Å². The molecular weight excluding hydrogens is 300 g/mol. The van der Waals surface area contributed by atoms with E-state index in [0.29, 0.717) is 5.56 Å². The maximum absolute atomic E-state index is 12.0. The largest absolute Gasteiger partial charge is 0.383 e. The van der Waals surface area contributed by atoms with Crippen molar-refractivity contribution < 1.29 is 17.4 Å². The molecule has 0 amide bonds. The van der Waals surface area contributed by atoms with Gasteiger partial charge in [-0.2, -0.15) is 8.42 Å². The second kappa shape index (κ2) is 6.58. The molecular formula is C17H16O4S. The minimum absolute atomic E-state index is 0.0866. The van der Waals surface area contributed by atoms with Crippen LogP contribution in [0, 0.1) is 6.92 Å². The highest BCUT2D eigenvalue weighted by molar-refractivity contribution is 7.86. The molecule has 0 N–H and O–H groups in total. The van der Waals surface area contributed by atoms with Gasteiger partial charge in [-0.25, -0.2) is 0 Å². The van der Waals surface area contributed by atoms with Crippen LogP contribution in [0.5, 0.6) is 5.75 Å². The predicted octanol–water partition coefficient (Wildman–Crippen LogP) is 3.23. The molecule has 0 saturated carbocycles. The molecule has 2 aromatic carbocycles. The summed E-state index contributed by atoms with van der Waals surface area (Å²) in [5, 5.41) is 0. The first-order valence-electron chi connectivity index (χ1n) is 6.62. The first kappa shape index (κ1) is 16.0. The lowest BCUT2D eigenvalue weighted by atomic mass is 10.1. The average Bonchev–Trinajstić information content (AvgIpc) is 2.45. The van der Waals surface area contributed by atoms with E-state index in [-0.39, 0.29) is 11.5 Å². The summed E-state index contributed by atoms with van der Waals surface area (Å²) in [7, 11) is -3.53. The molecule has 0 saturated heterocycles. The summed E-state index contributed by atoms with van der Waals surface area (Å²) >= 11 is 0. The van der Waals surface area contributed by atoms with Crippen molar-refractivity contribution in [1.82, 2.24) is 0 Å². The summed E-state index contributed by atoms with van der Waals surface area (Å²) in [5.41, 5.74) is 2.50. The lowest BCUT2D eigenvalue weighted by molar-refractivity contribution is 0.104. The Morgan fingerprint density at radius 2 is 1.59 bits per heavy atom. The van der Waals surface area contributed by atoms with Crippen LogP contribution >= 0.6 is 0 Å². The Bertz CT molecular complexity index is 786. The van der Waals surface area contributed by atoms with Crippen LogP contribution in [0.3, 0.4) is 0 Å². The highest BCUT2D eigenvalue weighted by Gasteiger charge is 2.04. The van der Waals surface area contributed by atoms with Crippen molar-refractivity contribution in [1.29, 1.82) is 0 Å². The summed E-state index contributed by atoms with van der Waals surface area (Å²) in [5.74, 6) is 0.154. The Morgan fingerprint density at radius 1 is 1.00 bits per heavy atom. The standard InChI is InChI=1S/C17H16O4S/c1-13-3-8-15(9-4-13)17(18)12-7-14-5-10-16(11-6-14)21-22(2,19)20/h3-12H,1-2H3. The minimum atomic E-state index is -3.53. The molecule has 0 heterocycles. The van der Waals surface area contributed by atoms with Gasteiger partial charge in [0.25, 0.3) is 0 Å². The Hall–Kier alpha value is -2.40. The fraction of sp³-hybridized carbons (Fsp3) is 0.118. The minimum Gasteiger partial charge on any atom is -0.383 e. The lowest BCUT2D eigenvalue weighted by Gasteiger charge is -2.02. The normalized spacial score (nSPS) is 11.5. The van der Waals surface area contributed by atoms with Crippen molar-refractivity contribution in [3.05, 3.63) is 71.3 Å². The molecule has 0 aliphatic rings. The van der Waals surface area contributed by atoms with E-state index in [1.54, 1.807) is 30.3 Å². The number of hydrogen-bond donors (Lipinski definition) is 0. The smallest absolute Gasteiger partial charge is 0.306 e. The van der Waals surface area contributed by atoms with Crippen LogP contribution < -0.4 is 4.18 Å². The van der Waals surface area contributed by atoms with Crippen LogP contribution in [-0.4, -0.2) is 20.5 Å². The molecule has 0 spiro atoms. The van der Waals surface area contributed by atoms with E-state index < -0.39 is 10.1 Å². The van der Waals surface area contributed by atoms with Crippen molar-refractivity contribution in [3.8, 4) is 5.75 Å². The van der Waals surface area contributed by atoms with Gasteiger partial charge in [0.15, 0.2) is 5.78 Å². The Kier molecular flexibility index (Phi) is 4.78. The molecule has 0 aliphatic heterocycles. The van der Waals surface area contributed by atoms with E-state index in [2.05, 4.69) is 0 Å². The van der Waals surface area contributed by atoms with E-state index in [1.807, 2.05) is 19.1 Å². The molecule has 0 unspecified atom stereocenters. The number of hydrogen-bond acceptors (Lipinski definition) is 4. The van der Waals surface area contributed by atoms with Gasteiger partial charge in [0.05, 0.1) is 6.26 Å². The Morgan fingerprint density at radius 3 is 2.14 bits per heavy atom. The van der Waals surface area contributed by atoms with Gasteiger partial charge in [0.1, 0.15) is 5.75 Å². The molecule has 0 fully saturated rings. The van der Waals surface area contributed by atoms with Crippen LogP contribution in [0.4, 0.5) is 0 Å². The van der Waals surface area contributed by atoms with Crippen LogP contribution in [0.25, 0.3) is 6.08 Å². The van der Waals surface area contributed by atoms with E-state index >= 15 is 0 Å². The van der Waals surface area contributed by atoms with Gasteiger partial charge in [-0.15, -0.1) is 0 Å². The summed E-state index contributed by atoms with van der Waals surface area (Å²) < 4.78 is 26.7. The maximum atomic E-state index is 12.0. The van der Waals surface area contributed by atoms with Gasteiger partial charge in [0, 0.05) is 5.56 Å². The van der Waals surface area contributed by atoms with Crippen LogP contribution in [0.1, 0.15) is 21.5 Å². The third kappa shape index (κ3) is 4.86. The van der Waals surface area contributed by atoms with E-state index in [1.165, 1.54) is 18.2 Å². The number of rotatable bonds is 5. The van der Waals surface area contributed by atoms with Crippen LogP contribution in [0.2, 0.25) is 0 Å². The van der Waals surface area contributed by atoms with Gasteiger partial charge < -0.3 is 4.18 Å². The van der Waals surface area contributed by atoms with Gasteiger partial charge in [-0.05, 0) is 30.7 Å². The molecule has 4 nitrogen and oxygen atoms in total. The third-order valence-electron chi connectivity index (χ3n) is 2.89. The van der Waals surface area contributed by atoms with E-state index in [4.69, 9.17) is 4.18 Å². The average molecular weight is 316 g/mol. The van der Waals surface area contributed by atoms with Crippen molar-refractivity contribution in [2.45, 2.75) is 6.92 Å². The van der Waals surface area contributed by atoms with E-state index in [9.17, 15) is 13.2 Å². The zero-order valence-electron chi connectivity index (χ0n) is 12.3. The Balaban J connectivity index is 2.07. The SMILES string of the molecule is Cc1ccc(C(=O)C=Cc2ccc(OS(C)(=O)=O)cc2)cc1. The quantitative estimate of drug-likeness (QED) is 0.483. The zero-order valence-corrected chi connectivity index (χ0v) is 13.1. The number of aryl methyl sites for hydroxylation is 1. The molecule has 0 radical (unpaired) electrons. The maximum Gasteiger partial charge on any atom is 0.306 e. The first-order chi connectivity index (χ1) is 10.3. The number of ketones is 1. The van der Waals surface area contributed by atoms with Gasteiger partial charge in [-0.3, -0.25) is 4.79 Å². The molecule has 0 bridgehead atoms. The van der Waals surface area contributed by atoms with Crippen LogP contribution in [0.15, 0.2) is 54.6 Å². The summed E-state index contributed by atoms with van der Waals surface area (Å²) in [6.45, 7) is 1.96. The second-order valence-corrected chi connectivity index (χ2v) is 6.50. The van der Waals surface area contributed by atoms with Crippen molar-refractivity contribution in [2.24, 2.45) is 0 Å². The molecule has 2 rings (SSSR count). The van der Waals surface area contributed by atoms with Crippen LogP contribution in [-0.2, 0) is 10.1 Å². The summed E-state index contributed by atoms with van der Waals surface area (Å²) in [4.78, 5) is 12.0. The summed E-state index contributed by atoms with van der Waals surface area (Å²) in [6.07, 6.45) is 4.14.